The minimum absolute atomic E-state index is 0.179. The SMILES string of the molecule is CCC1CCC(O)(CNc2nc(N)nc(N(C)C)n2)CC1. The zero-order chi connectivity index (χ0) is 15.5. The Labute approximate surface area is 126 Å². The van der Waals surface area contributed by atoms with Crippen LogP contribution in [-0.4, -0.2) is 46.3 Å². The summed E-state index contributed by atoms with van der Waals surface area (Å²) >= 11 is 0. The van der Waals surface area contributed by atoms with E-state index in [2.05, 4.69) is 27.2 Å². The zero-order valence-corrected chi connectivity index (χ0v) is 13.1. The third-order valence-corrected chi connectivity index (χ3v) is 4.23. The smallest absolute Gasteiger partial charge is 0.231 e. The van der Waals surface area contributed by atoms with Crippen LogP contribution in [0.2, 0.25) is 0 Å². The largest absolute Gasteiger partial charge is 0.388 e. The number of hydrogen-bond acceptors (Lipinski definition) is 7. The predicted molar refractivity (Wildman–Crippen MR) is 84.3 cm³/mol. The number of aliphatic hydroxyl groups is 1. The van der Waals surface area contributed by atoms with Gasteiger partial charge in [0.1, 0.15) is 0 Å². The average molecular weight is 294 g/mol. The van der Waals surface area contributed by atoms with Crippen LogP contribution in [0, 0.1) is 5.92 Å². The second-order valence-corrected chi connectivity index (χ2v) is 6.14. The van der Waals surface area contributed by atoms with Crippen molar-refractivity contribution in [2.75, 3.05) is 36.6 Å². The normalized spacial score (nSPS) is 25.6. The van der Waals surface area contributed by atoms with Gasteiger partial charge in [0.15, 0.2) is 0 Å². The Morgan fingerprint density at radius 1 is 1.29 bits per heavy atom. The second kappa shape index (κ2) is 6.43. The number of nitrogens with zero attached hydrogens (tertiary/aromatic N) is 4. The summed E-state index contributed by atoms with van der Waals surface area (Å²) in [5.41, 5.74) is 5.01. The Kier molecular flexibility index (Phi) is 4.82. The lowest BCUT2D eigenvalue weighted by Crippen LogP contribution is -2.41. The molecule has 0 bridgehead atoms. The van der Waals surface area contributed by atoms with Crippen molar-refractivity contribution in [2.45, 2.75) is 44.6 Å². The minimum atomic E-state index is -0.675. The molecule has 0 atom stereocenters. The van der Waals surface area contributed by atoms with E-state index in [1.165, 1.54) is 6.42 Å². The van der Waals surface area contributed by atoms with Crippen LogP contribution in [-0.2, 0) is 0 Å². The van der Waals surface area contributed by atoms with E-state index < -0.39 is 5.60 Å². The molecule has 0 spiro atoms. The zero-order valence-electron chi connectivity index (χ0n) is 13.1. The summed E-state index contributed by atoms with van der Waals surface area (Å²) in [6.07, 6.45) is 4.99. The summed E-state index contributed by atoms with van der Waals surface area (Å²) in [6.45, 7) is 2.66. The average Bonchev–Trinajstić information content (AvgIpc) is 2.45. The number of aromatic nitrogens is 3. The molecule has 0 amide bonds. The highest BCUT2D eigenvalue weighted by Crippen LogP contribution is 2.33. The van der Waals surface area contributed by atoms with Crippen LogP contribution in [0.15, 0.2) is 0 Å². The Morgan fingerprint density at radius 2 is 1.95 bits per heavy atom. The summed E-state index contributed by atoms with van der Waals surface area (Å²) in [6, 6.07) is 0. The van der Waals surface area contributed by atoms with E-state index in [1.54, 1.807) is 4.90 Å². The first-order chi connectivity index (χ1) is 9.92. The highest BCUT2D eigenvalue weighted by molar-refractivity contribution is 5.40. The van der Waals surface area contributed by atoms with Crippen LogP contribution in [0.5, 0.6) is 0 Å². The highest BCUT2D eigenvalue weighted by atomic mass is 16.3. The minimum Gasteiger partial charge on any atom is -0.388 e. The third-order valence-electron chi connectivity index (χ3n) is 4.23. The van der Waals surface area contributed by atoms with Crippen molar-refractivity contribution >= 4 is 17.8 Å². The standard InChI is InChI=1S/C14H26N6O/c1-4-10-5-7-14(21,8-6-10)9-16-12-17-11(15)18-13(19-12)20(2)3/h10,21H,4-9H2,1-3H3,(H3,15,16,17,18,19). The van der Waals surface area contributed by atoms with Crippen LogP contribution < -0.4 is 16.0 Å². The molecule has 21 heavy (non-hydrogen) atoms. The van der Waals surface area contributed by atoms with E-state index in [-0.39, 0.29) is 5.95 Å². The Morgan fingerprint density at radius 3 is 2.52 bits per heavy atom. The molecule has 1 heterocycles. The molecule has 0 radical (unpaired) electrons. The van der Waals surface area contributed by atoms with Crippen LogP contribution in [0.3, 0.4) is 0 Å². The van der Waals surface area contributed by atoms with Crippen LogP contribution in [0.4, 0.5) is 17.8 Å². The summed E-state index contributed by atoms with van der Waals surface area (Å²) < 4.78 is 0. The van der Waals surface area contributed by atoms with E-state index in [4.69, 9.17) is 5.73 Å². The van der Waals surface area contributed by atoms with E-state index in [0.29, 0.717) is 18.4 Å². The molecule has 2 rings (SSSR count). The molecule has 1 aromatic heterocycles. The lowest BCUT2D eigenvalue weighted by molar-refractivity contribution is 0.00216. The first-order valence-corrected chi connectivity index (χ1v) is 7.57. The molecule has 1 aromatic rings. The Balaban J connectivity index is 1.96. The number of nitrogens with one attached hydrogen (secondary N) is 1. The lowest BCUT2D eigenvalue weighted by Gasteiger charge is -2.35. The molecule has 1 aliphatic carbocycles. The molecule has 4 N–H and O–H groups in total. The summed E-state index contributed by atoms with van der Waals surface area (Å²) in [5, 5.41) is 13.7. The topological polar surface area (TPSA) is 100 Å². The van der Waals surface area contributed by atoms with Gasteiger partial charge in [-0.05, 0) is 31.6 Å². The van der Waals surface area contributed by atoms with Crippen molar-refractivity contribution in [3.05, 3.63) is 0 Å². The summed E-state index contributed by atoms with van der Waals surface area (Å²) in [5.74, 6) is 1.85. The van der Waals surface area contributed by atoms with Gasteiger partial charge in [-0.3, -0.25) is 0 Å². The van der Waals surface area contributed by atoms with Gasteiger partial charge in [-0.25, -0.2) is 0 Å². The van der Waals surface area contributed by atoms with Gasteiger partial charge in [0.2, 0.25) is 17.8 Å². The van der Waals surface area contributed by atoms with E-state index in [0.717, 1.165) is 31.6 Å². The molecule has 0 aliphatic heterocycles. The van der Waals surface area contributed by atoms with Crippen molar-refractivity contribution < 1.29 is 5.11 Å². The van der Waals surface area contributed by atoms with Gasteiger partial charge in [0.25, 0.3) is 0 Å². The third kappa shape index (κ3) is 4.17. The van der Waals surface area contributed by atoms with Crippen molar-refractivity contribution in [1.29, 1.82) is 0 Å². The summed E-state index contributed by atoms with van der Waals surface area (Å²) in [7, 11) is 3.69. The summed E-state index contributed by atoms with van der Waals surface area (Å²) in [4.78, 5) is 14.2. The van der Waals surface area contributed by atoms with Gasteiger partial charge in [-0.2, -0.15) is 15.0 Å². The maximum absolute atomic E-state index is 10.6. The van der Waals surface area contributed by atoms with E-state index in [9.17, 15) is 5.11 Å². The maximum atomic E-state index is 10.6. The molecular formula is C14H26N6O. The first-order valence-electron chi connectivity index (χ1n) is 7.57. The number of anilines is 3. The molecule has 7 nitrogen and oxygen atoms in total. The molecule has 0 saturated heterocycles. The van der Waals surface area contributed by atoms with Crippen molar-refractivity contribution in [3.8, 4) is 0 Å². The van der Waals surface area contributed by atoms with Gasteiger partial charge in [0.05, 0.1) is 5.60 Å². The number of hydrogen-bond donors (Lipinski definition) is 3. The molecule has 7 heteroatoms. The molecule has 1 aliphatic rings. The highest BCUT2D eigenvalue weighted by Gasteiger charge is 2.32. The maximum Gasteiger partial charge on any atom is 0.231 e. The van der Waals surface area contributed by atoms with Crippen LogP contribution >= 0.6 is 0 Å². The molecular weight excluding hydrogens is 268 g/mol. The monoisotopic (exact) mass is 294 g/mol. The van der Waals surface area contributed by atoms with E-state index in [1.807, 2.05) is 14.1 Å². The lowest BCUT2D eigenvalue weighted by atomic mass is 9.78. The quantitative estimate of drug-likeness (QED) is 0.751. The Hall–Kier alpha value is -1.63. The van der Waals surface area contributed by atoms with Crippen molar-refractivity contribution in [3.63, 3.8) is 0 Å². The number of nitrogens with two attached hydrogens (primary N) is 1. The fourth-order valence-electron chi connectivity index (χ4n) is 2.70. The van der Waals surface area contributed by atoms with Gasteiger partial charge in [-0.15, -0.1) is 0 Å². The van der Waals surface area contributed by atoms with Crippen LogP contribution in [0.1, 0.15) is 39.0 Å². The molecule has 1 fully saturated rings. The number of rotatable bonds is 5. The van der Waals surface area contributed by atoms with Crippen LogP contribution in [0.25, 0.3) is 0 Å². The Bertz CT molecular complexity index is 471. The molecule has 0 unspecified atom stereocenters. The molecule has 0 aromatic carbocycles. The van der Waals surface area contributed by atoms with Crippen molar-refractivity contribution in [1.82, 2.24) is 15.0 Å². The molecule has 118 valence electrons. The number of nitrogen functional groups attached to an aromatic ring is 1. The molecule has 1 saturated carbocycles. The fraction of sp³-hybridized carbons (Fsp3) is 0.786. The second-order valence-electron chi connectivity index (χ2n) is 6.14. The van der Waals surface area contributed by atoms with Gasteiger partial charge in [-0.1, -0.05) is 13.3 Å². The van der Waals surface area contributed by atoms with Gasteiger partial charge in [0, 0.05) is 20.6 Å². The fourth-order valence-corrected chi connectivity index (χ4v) is 2.70. The predicted octanol–water partition coefficient (Wildman–Crippen LogP) is 1.26. The van der Waals surface area contributed by atoms with Gasteiger partial charge < -0.3 is 21.1 Å². The van der Waals surface area contributed by atoms with Crippen molar-refractivity contribution in [2.24, 2.45) is 5.92 Å². The van der Waals surface area contributed by atoms with Gasteiger partial charge >= 0.3 is 0 Å². The first kappa shape index (κ1) is 15.8. The van der Waals surface area contributed by atoms with E-state index >= 15 is 0 Å².